The smallest absolute Gasteiger partial charge is 0.348 e. The first-order valence-corrected chi connectivity index (χ1v) is 7.53. The van der Waals surface area contributed by atoms with Gasteiger partial charge in [0.15, 0.2) is 5.89 Å². The highest BCUT2D eigenvalue weighted by molar-refractivity contribution is 9.10. The number of thiophene rings is 1. The van der Waals surface area contributed by atoms with E-state index in [0.29, 0.717) is 17.7 Å². The Hall–Kier alpha value is -1.46. The summed E-state index contributed by atoms with van der Waals surface area (Å²) in [6, 6.07) is 7.85. The summed E-state index contributed by atoms with van der Waals surface area (Å²) in [6.07, 6.45) is 0.622. The normalized spacial score (nSPS) is 11.1. The van der Waals surface area contributed by atoms with Crippen LogP contribution in [-0.4, -0.2) is 4.98 Å². The predicted molar refractivity (Wildman–Crippen MR) is 80.7 cm³/mol. The van der Waals surface area contributed by atoms with Gasteiger partial charge in [0.05, 0.1) is 0 Å². The molecule has 0 aliphatic rings. The standard InChI is InChI=1S/C14H10BrNO2S/c1-2-11-16-13-12(14(17)18-11)10(7-19-13)8-3-5-9(15)6-4-8/h3-7H,2H2,1H3. The fraction of sp³-hybridized carbons (Fsp3) is 0.143. The first-order valence-electron chi connectivity index (χ1n) is 5.86. The second-order valence-corrected chi connectivity index (χ2v) is 5.86. The second-order valence-electron chi connectivity index (χ2n) is 4.09. The van der Waals surface area contributed by atoms with Gasteiger partial charge in [0, 0.05) is 21.8 Å². The average molecular weight is 336 g/mol. The van der Waals surface area contributed by atoms with Crippen LogP contribution < -0.4 is 5.63 Å². The first-order chi connectivity index (χ1) is 9.19. The van der Waals surface area contributed by atoms with E-state index in [9.17, 15) is 4.79 Å². The topological polar surface area (TPSA) is 43.1 Å². The first kappa shape index (κ1) is 12.6. The lowest BCUT2D eigenvalue weighted by Crippen LogP contribution is -2.03. The summed E-state index contributed by atoms with van der Waals surface area (Å²) in [7, 11) is 0. The van der Waals surface area contributed by atoms with E-state index in [-0.39, 0.29) is 5.63 Å². The van der Waals surface area contributed by atoms with Gasteiger partial charge in [-0.15, -0.1) is 11.3 Å². The Balaban J connectivity index is 2.26. The molecule has 96 valence electrons. The molecule has 0 aliphatic carbocycles. The molecule has 0 atom stereocenters. The van der Waals surface area contributed by atoms with E-state index in [2.05, 4.69) is 20.9 Å². The Morgan fingerprint density at radius 2 is 2.05 bits per heavy atom. The van der Waals surface area contributed by atoms with Crippen molar-refractivity contribution in [2.75, 3.05) is 0 Å². The number of aryl methyl sites for hydroxylation is 1. The molecule has 3 rings (SSSR count). The fourth-order valence-corrected chi connectivity index (χ4v) is 3.13. The van der Waals surface area contributed by atoms with Gasteiger partial charge in [-0.3, -0.25) is 0 Å². The van der Waals surface area contributed by atoms with Gasteiger partial charge in [-0.25, -0.2) is 9.78 Å². The molecule has 3 nitrogen and oxygen atoms in total. The van der Waals surface area contributed by atoms with Crippen molar-refractivity contribution in [2.45, 2.75) is 13.3 Å². The van der Waals surface area contributed by atoms with Crippen LogP contribution in [0.4, 0.5) is 0 Å². The fourth-order valence-electron chi connectivity index (χ4n) is 1.91. The Kier molecular flexibility index (Phi) is 3.24. The lowest BCUT2D eigenvalue weighted by molar-refractivity contribution is 0.451. The molecule has 2 aromatic heterocycles. The third-order valence-corrected chi connectivity index (χ3v) is 4.27. The van der Waals surface area contributed by atoms with Gasteiger partial charge in [-0.05, 0) is 17.7 Å². The van der Waals surface area contributed by atoms with Crippen LogP contribution in [-0.2, 0) is 6.42 Å². The van der Waals surface area contributed by atoms with Gasteiger partial charge in [0.2, 0.25) is 0 Å². The molecule has 0 N–H and O–H groups in total. The van der Waals surface area contributed by atoms with Crippen LogP contribution >= 0.6 is 27.3 Å². The minimum absolute atomic E-state index is 0.305. The molecule has 0 radical (unpaired) electrons. The van der Waals surface area contributed by atoms with E-state index in [1.54, 1.807) is 0 Å². The molecule has 0 fully saturated rings. The molecule has 0 saturated heterocycles. The molecule has 3 aromatic rings. The van der Waals surface area contributed by atoms with Crippen molar-refractivity contribution in [3.8, 4) is 11.1 Å². The van der Waals surface area contributed by atoms with Crippen LogP contribution in [0.3, 0.4) is 0 Å². The maximum atomic E-state index is 12.1. The van der Waals surface area contributed by atoms with Crippen LogP contribution in [0, 0.1) is 0 Å². The average Bonchev–Trinajstić information content (AvgIpc) is 2.84. The van der Waals surface area contributed by atoms with Crippen molar-refractivity contribution < 1.29 is 4.42 Å². The monoisotopic (exact) mass is 335 g/mol. The second kappa shape index (κ2) is 4.90. The Labute approximate surface area is 122 Å². The van der Waals surface area contributed by atoms with Gasteiger partial charge in [0.25, 0.3) is 0 Å². The molecule has 0 amide bonds. The van der Waals surface area contributed by atoms with Crippen LogP contribution in [0.15, 0.2) is 43.3 Å². The number of fused-ring (bicyclic) bond motifs is 1. The van der Waals surface area contributed by atoms with Crippen LogP contribution in [0.5, 0.6) is 0 Å². The molecule has 1 aromatic carbocycles. The summed E-state index contributed by atoms with van der Waals surface area (Å²) in [5, 5.41) is 2.53. The van der Waals surface area contributed by atoms with Crippen molar-refractivity contribution >= 4 is 37.5 Å². The quantitative estimate of drug-likeness (QED) is 0.703. The molecule has 19 heavy (non-hydrogen) atoms. The number of halogens is 1. The van der Waals surface area contributed by atoms with E-state index in [1.807, 2.05) is 36.6 Å². The minimum Gasteiger partial charge on any atom is -0.408 e. The van der Waals surface area contributed by atoms with Crippen LogP contribution in [0.1, 0.15) is 12.8 Å². The summed E-state index contributed by atoms with van der Waals surface area (Å²) in [5.41, 5.74) is 1.57. The maximum absolute atomic E-state index is 12.1. The van der Waals surface area contributed by atoms with Gasteiger partial charge in [-0.1, -0.05) is 35.0 Å². The third kappa shape index (κ3) is 2.24. The Morgan fingerprint density at radius 1 is 1.32 bits per heavy atom. The highest BCUT2D eigenvalue weighted by atomic mass is 79.9. The molecule has 0 saturated carbocycles. The third-order valence-electron chi connectivity index (χ3n) is 2.87. The van der Waals surface area contributed by atoms with Gasteiger partial charge in [-0.2, -0.15) is 0 Å². The molecular weight excluding hydrogens is 326 g/mol. The molecule has 0 unspecified atom stereocenters. The summed E-state index contributed by atoms with van der Waals surface area (Å²) in [6.45, 7) is 1.92. The van der Waals surface area contributed by atoms with E-state index in [0.717, 1.165) is 20.4 Å². The Morgan fingerprint density at radius 3 is 2.74 bits per heavy atom. The van der Waals surface area contributed by atoms with Crippen molar-refractivity contribution in [1.29, 1.82) is 0 Å². The maximum Gasteiger partial charge on any atom is 0.348 e. The van der Waals surface area contributed by atoms with Gasteiger partial charge in [0.1, 0.15) is 10.2 Å². The summed E-state index contributed by atoms with van der Waals surface area (Å²) in [4.78, 5) is 17.2. The van der Waals surface area contributed by atoms with E-state index in [4.69, 9.17) is 4.42 Å². The van der Waals surface area contributed by atoms with E-state index < -0.39 is 0 Å². The molecule has 5 heteroatoms. The molecule has 0 aliphatic heterocycles. The highest BCUT2D eigenvalue weighted by Gasteiger charge is 2.13. The lowest BCUT2D eigenvalue weighted by Gasteiger charge is -2.00. The molecule has 0 spiro atoms. The van der Waals surface area contributed by atoms with Crippen molar-refractivity contribution in [3.05, 3.63) is 50.4 Å². The number of hydrogen-bond acceptors (Lipinski definition) is 4. The lowest BCUT2D eigenvalue weighted by atomic mass is 10.1. The minimum atomic E-state index is -0.305. The highest BCUT2D eigenvalue weighted by Crippen LogP contribution is 2.31. The zero-order valence-corrected chi connectivity index (χ0v) is 12.5. The molecule has 2 heterocycles. The summed E-state index contributed by atoms with van der Waals surface area (Å²) < 4.78 is 6.22. The van der Waals surface area contributed by atoms with E-state index >= 15 is 0 Å². The van der Waals surface area contributed by atoms with Crippen LogP contribution in [0.25, 0.3) is 21.3 Å². The SMILES string of the molecule is CCc1nc2scc(-c3ccc(Br)cc3)c2c(=O)o1. The van der Waals surface area contributed by atoms with Gasteiger partial charge >= 0.3 is 5.63 Å². The van der Waals surface area contributed by atoms with E-state index in [1.165, 1.54) is 11.3 Å². The van der Waals surface area contributed by atoms with Crippen molar-refractivity contribution in [1.82, 2.24) is 4.98 Å². The number of hydrogen-bond donors (Lipinski definition) is 0. The van der Waals surface area contributed by atoms with Gasteiger partial charge < -0.3 is 4.42 Å². The summed E-state index contributed by atoms with van der Waals surface area (Å²) >= 11 is 4.88. The molecular formula is C14H10BrNO2S. The number of rotatable bonds is 2. The number of nitrogens with zero attached hydrogens (tertiary/aromatic N) is 1. The van der Waals surface area contributed by atoms with Crippen LogP contribution in [0.2, 0.25) is 0 Å². The zero-order chi connectivity index (χ0) is 13.4. The van der Waals surface area contributed by atoms with Crippen molar-refractivity contribution in [3.63, 3.8) is 0 Å². The number of benzene rings is 1. The number of aromatic nitrogens is 1. The largest absolute Gasteiger partial charge is 0.408 e. The van der Waals surface area contributed by atoms with Crippen molar-refractivity contribution in [2.24, 2.45) is 0 Å². The zero-order valence-electron chi connectivity index (χ0n) is 10.1. The summed E-state index contributed by atoms with van der Waals surface area (Å²) in [5.74, 6) is 0.488. The molecule has 0 bridgehead atoms. The Bertz CT molecular complexity index is 789. The predicted octanol–water partition coefficient (Wildman–Crippen LogP) is 4.24.